The molecule has 0 fully saturated rings. The van der Waals surface area contributed by atoms with Gasteiger partial charge in [-0.1, -0.05) is 139 Å². The van der Waals surface area contributed by atoms with E-state index in [1.807, 2.05) is 35.8 Å². The van der Waals surface area contributed by atoms with Crippen LogP contribution in [0.1, 0.15) is 22.3 Å². The predicted molar refractivity (Wildman–Crippen MR) is 216 cm³/mol. The predicted octanol–water partition coefficient (Wildman–Crippen LogP) is 12.8. The van der Waals surface area contributed by atoms with Crippen molar-refractivity contribution in [3.63, 3.8) is 0 Å². The van der Waals surface area contributed by atoms with Crippen molar-refractivity contribution in [2.24, 2.45) is 0 Å². The molecule has 2 aromatic heterocycles. The van der Waals surface area contributed by atoms with Crippen molar-refractivity contribution in [2.45, 2.75) is 25.0 Å². The van der Waals surface area contributed by atoms with Crippen molar-refractivity contribution < 1.29 is 0 Å². The van der Waals surface area contributed by atoms with Gasteiger partial charge in [0.1, 0.15) is 0 Å². The smallest absolute Gasteiger partial charge is 0.0745 e. The third-order valence-electron chi connectivity index (χ3n) is 10.8. The van der Waals surface area contributed by atoms with Crippen LogP contribution in [0.4, 0.5) is 0 Å². The number of para-hydroxylation sites is 3. The van der Waals surface area contributed by atoms with E-state index < -0.39 is 5.41 Å². The second-order valence-corrected chi connectivity index (χ2v) is 15.6. The molecule has 9 aromatic rings. The summed E-state index contributed by atoms with van der Waals surface area (Å²) in [4.78, 5) is 9.87. The Morgan fingerprint density at radius 3 is 1.90 bits per heavy atom. The summed E-state index contributed by atoms with van der Waals surface area (Å²) in [5.41, 5.74) is 13.0. The van der Waals surface area contributed by atoms with Crippen LogP contribution in [0.15, 0.2) is 202 Å². The molecule has 2 nitrogen and oxygen atoms in total. The molecule has 52 heavy (non-hydrogen) atoms. The number of hydrogen-bond donors (Lipinski definition) is 0. The lowest BCUT2D eigenvalue weighted by atomic mass is 9.64. The van der Waals surface area contributed by atoms with Gasteiger partial charge in [0.2, 0.25) is 0 Å². The van der Waals surface area contributed by atoms with Crippen LogP contribution in [0.5, 0.6) is 0 Å². The summed E-state index contributed by atoms with van der Waals surface area (Å²) in [6.45, 7) is 0. The average Bonchev–Trinajstić information content (AvgIpc) is 3.56. The maximum Gasteiger partial charge on any atom is 0.0745 e. The van der Waals surface area contributed by atoms with E-state index >= 15 is 0 Å². The fraction of sp³-hybridized carbons (Fsp3) is 0.0208. The first kappa shape index (κ1) is 29.9. The Bertz CT molecular complexity index is 2850. The number of pyridine rings is 1. The fourth-order valence-corrected chi connectivity index (χ4v) is 11.0. The van der Waals surface area contributed by atoms with E-state index in [0.717, 1.165) is 16.9 Å². The van der Waals surface area contributed by atoms with E-state index in [1.54, 1.807) is 0 Å². The number of fused-ring (bicyclic) bond motifs is 11. The summed E-state index contributed by atoms with van der Waals surface area (Å²) in [5.74, 6) is 0. The minimum atomic E-state index is -0.507. The monoisotopic (exact) mass is 698 g/mol. The van der Waals surface area contributed by atoms with Crippen LogP contribution in [0.25, 0.3) is 49.9 Å². The summed E-state index contributed by atoms with van der Waals surface area (Å²) in [5, 5.41) is 2.52. The van der Waals surface area contributed by atoms with E-state index in [1.165, 1.54) is 74.8 Å². The third kappa shape index (κ3) is 4.25. The third-order valence-corrected chi connectivity index (χ3v) is 13.1. The zero-order valence-corrected chi connectivity index (χ0v) is 29.7. The summed E-state index contributed by atoms with van der Waals surface area (Å²) in [6, 6.07) is 64.8. The van der Waals surface area contributed by atoms with Crippen LogP contribution < -0.4 is 0 Å². The Morgan fingerprint density at radius 1 is 0.442 bits per heavy atom. The van der Waals surface area contributed by atoms with Gasteiger partial charge in [0.05, 0.1) is 22.1 Å². The molecule has 11 rings (SSSR count). The van der Waals surface area contributed by atoms with E-state index in [2.05, 4.69) is 174 Å². The van der Waals surface area contributed by atoms with Gasteiger partial charge < -0.3 is 4.57 Å². The number of benzene rings is 7. The Balaban J connectivity index is 1.22. The Labute approximate surface area is 310 Å². The van der Waals surface area contributed by atoms with E-state index in [9.17, 15) is 0 Å². The normalized spacial score (nSPS) is 15.6. The van der Waals surface area contributed by atoms with Crippen LogP contribution >= 0.6 is 23.5 Å². The maximum absolute atomic E-state index is 4.72. The molecule has 7 aromatic carbocycles. The summed E-state index contributed by atoms with van der Waals surface area (Å²) >= 11 is 3.76. The molecule has 0 aliphatic carbocycles. The first-order chi connectivity index (χ1) is 25.8. The van der Waals surface area contributed by atoms with Crippen LogP contribution in [0.3, 0.4) is 0 Å². The topological polar surface area (TPSA) is 17.8 Å². The molecule has 1 atom stereocenters. The lowest BCUT2D eigenvalue weighted by molar-refractivity contribution is 0.667. The van der Waals surface area contributed by atoms with Gasteiger partial charge in [0.25, 0.3) is 0 Å². The maximum atomic E-state index is 4.72. The molecule has 4 heteroatoms. The van der Waals surface area contributed by atoms with Crippen molar-refractivity contribution >= 4 is 45.3 Å². The van der Waals surface area contributed by atoms with Gasteiger partial charge in [-0.15, -0.1) is 0 Å². The Morgan fingerprint density at radius 2 is 1.10 bits per heavy atom. The van der Waals surface area contributed by atoms with E-state index in [-0.39, 0.29) is 0 Å². The lowest BCUT2D eigenvalue weighted by Gasteiger charge is -2.45. The molecule has 0 N–H and O–H groups in total. The van der Waals surface area contributed by atoms with Crippen molar-refractivity contribution in [3.05, 3.63) is 204 Å². The van der Waals surface area contributed by atoms with Gasteiger partial charge in [-0.2, -0.15) is 0 Å². The second-order valence-electron chi connectivity index (χ2n) is 13.5. The second kappa shape index (κ2) is 11.6. The quantitative estimate of drug-likeness (QED) is 0.183. The molecular weight excluding hydrogens is 669 g/mol. The SMILES string of the molecule is c1ccc(-n2c3ccccc3c3cccc(-c4ccc5c(c4)C4(c6ccccc6Sc6cc(-c7ccccn7)ccc64)c4ccccc4S5)c32)cc1. The molecule has 0 saturated heterocycles. The van der Waals surface area contributed by atoms with Gasteiger partial charge >= 0.3 is 0 Å². The average molecular weight is 699 g/mol. The molecule has 1 unspecified atom stereocenters. The molecule has 2 aliphatic heterocycles. The van der Waals surface area contributed by atoms with Crippen molar-refractivity contribution in [2.75, 3.05) is 0 Å². The molecule has 4 heterocycles. The summed E-state index contributed by atoms with van der Waals surface area (Å²) < 4.78 is 2.44. The van der Waals surface area contributed by atoms with Gasteiger partial charge in [0, 0.05) is 53.4 Å². The molecule has 0 amide bonds. The zero-order chi connectivity index (χ0) is 34.2. The Kier molecular flexibility index (Phi) is 6.67. The highest BCUT2D eigenvalue weighted by Crippen LogP contribution is 2.62. The molecule has 2 aliphatic rings. The summed E-state index contributed by atoms with van der Waals surface area (Å²) in [7, 11) is 0. The van der Waals surface area contributed by atoms with E-state index in [4.69, 9.17) is 4.98 Å². The first-order valence-corrected chi connectivity index (χ1v) is 19.3. The van der Waals surface area contributed by atoms with Crippen LogP contribution in [0.2, 0.25) is 0 Å². The first-order valence-electron chi connectivity index (χ1n) is 17.6. The lowest BCUT2D eigenvalue weighted by Crippen LogP contribution is -2.36. The molecule has 1 spiro atoms. The fourth-order valence-electron chi connectivity index (χ4n) is 8.62. The van der Waals surface area contributed by atoms with Crippen LogP contribution in [-0.2, 0) is 5.41 Å². The molecule has 0 bridgehead atoms. The van der Waals surface area contributed by atoms with Gasteiger partial charge in [-0.25, -0.2) is 0 Å². The summed E-state index contributed by atoms with van der Waals surface area (Å²) in [6.07, 6.45) is 1.88. The van der Waals surface area contributed by atoms with Crippen molar-refractivity contribution in [1.29, 1.82) is 0 Å². The van der Waals surface area contributed by atoms with Crippen LogP contribution in [0, 0.1) is 0 Å². The molecular formula is C48H30N2S2. The highest BCUT2D eigenvalue weighted by atomic mass is 32.2. The molecule has 0 radical (unpaired) electrons. The van der Waals surface area contributed by atoms with Crippen LogP contribution in [-0.4, -0.2) is 9.55 Å². The van der Waals surface area contributed by atoms with E-state index in [0.29, 0.717) is 0 Å². The van der Waals surface area contributed by atoms with Crippen molar-refractivity contribution in [1.82, 2.24) is 9.55 Å². The highest BCUT2D eigenvalue weighted by Gasteiger charge is 2.49. The number of rotatable bonds is 3. The molecule has 0 saturated carbocycles. The molecule has 244 valence electrons. The zero-order valence-electron chi connectivity index (χ0n) is 28.0. The number of aromatic nitrogens is 2. The van der Waals surface area contributed by atoms with Crippen molar-refractivity contribution in [3.8, 4) is 28.1 Å². The van der Waals surface area contributed by atoms with Gasteiger partial charge in [0.15, 0.2) is 0 Å². The van der Waals surface area contributed by atoms with Gasteiger partial charge in [-0.05, 0) is 88.5 Å². The minimum absolute atomic E-state index is 0.507. The minimum Gasteiger partial charge on any atom is -0.309 e. The number of nitrogens with zero attached hydrogens (tertiary/aromatic N) is 2. The van der Waals surface area contributed by atoms with Gasteiger partial charge in [-0.3, -0.25) is 4.98 Å². The number of hydrogen-bond acceptors (Lipinski definition) is 3. The highest BCUT2D eigenvalue weighted by molar-refractivity contribution is 8.00. The largest absolute Gasteiger partial charge is 0.309 e. The Hall–Kier alpha value is -5.81. The standard InChI is InChI=1S/C48H30N2S2/c1-2-13-33(14-3-1)50-42-21-7-4-15-35(42)36-17-12-16-34(47(36)50)31-25-27-45-40(29-31)48(37-18-5-8-22-43(37)51-45)38-19-6-9-23-44(38)52-46-30-32(24-26-39(46)48)41-20-10-11-28-49-41/h1-30H.